The molecule has 0 aromatic heterocycles. The molecule has 0 saturated carbocycles. The van der Waals surface area contributed by atoms with Crippen LogP contribution in [0.3, 0.4) is 0 Å². The molecule has 0 amide bonds. The molecule has 0 unspecified atom stereocenters. The van der Waals surface area contributed by atoms with Gasteiger partial charge in [-0.3, -0.25) is 4.55 Å². The minimum atomic E-state index is -4.37. The molecule has 0 radical (unpaired) electrons. The predicted octanol–water partition coefficient (Wildman–Crippen LogP) is 2.10. The summed E-state index contributed by atoms with van der Waals surface area (Å²) < 4.78 is 38.6. The largest absolute Gasteiger partial charge is 1.00 e. The van der Waals surface area contributed by atoms with Gasteiger partial charge in [-0.25, -0.2) is 0 Å². The van der Waals surface area contributed by atoms with Crippen molar-refractivity contribution in [1.29, 1.82) is 0 Å². The van der Waals surface area contributed by atoms with Crippen molar-refractivity contribution >= 4 is 10.1 Å². The van der Waals surface area contributed by atoms with Crippen LogP contribution in [0.25, 0.3) is 0 Å². The maximum atomic E-state index is 11.8. The van der Waals surface area contributed by atoms with E-state index in [0.717, 1.165) is 19.3 Å². The van der Waals surface area contributed by atoms with Gasteiger partial charge in [0, 0.05) is 6.07 Å². The minimum Gasteiger partial charge on any atom is -0.870 e. The maximum absolute atomic E-state index is 11.8. The van der Waals surface area contributed by atoms with E-state index >= 15 is 0 Å². The number of aryl methyl sites for hydroxylation is 1. The molecule has 5 nitrogen and oxygen atoms in total. The van der Waals surface area contributed by atoms with Gasteiger partial charge in [0.15, 0.2) is 0 Å². The first kappa shape index (κ1) is 25.6. The normalized spacial score (nSPS) is 11.1. The molecule has 0 aliphatic carbocycles. The summed E-state index contributed by atoms with van der Waals surface area (Å²) in [7, 11) is -4.37. The SMILES string of the molecule is CCCCCCCCCc1ccc(Oc2ccccc2[O-])cc1S(=O)(=O)O.[K+]. The van der Waals surface area contributed by atoms with Gasteiger partial charge in [0.2, 0.25) is 0 Å². The van der Waals surface area contributed by atoms with Crippen LogP contribution in [0.15, 0.2) is 47.4 Å². The van der Waals surface area contributed by atoms with Crippen molar-refractivity contribution in [2.75, 3.05) is 0 Å². The van der Waals surface area contributed by atoms with Gasteiger partial charge in [-0.15, -0.1) is 0 Å². The summed E-state index contributed by atoms with van der Waals surface area (Å²) in [6.07, 6.45) is 8.48. The molecular weight excluding hydrogens is 403 g/mol. The first-order chi connectivity index (χ1) is 12.9. The summed E-state index contributed by atoms with van der Waals surface area (Å²) in [6, 6.07) is 10.7. The average Bonchev–Trinajstić information content (AvgIpc) is 2.63. The molecule has 148 valence electrons. The van der Waals surface area contributed by atoms with E-state index in [0.29, 0.717) is 12.0 Å². The molecule has 0 spiro atoms. The first-order valence-electron chi connectivity index (χ1n) is 9.46. The standard InChI is InChI=1S/C21H28O5S.K/c1-2-3-4-5-6-7-8-11-17-14-15-18(16-21(17)27(23,24)25)26-20-13-10-9-12-19(20)22;/h9-10,12-16,22H,2-8,11H2,1H3,(H,23,24,25);/q;+1/p-1. The molecule has 0 saturated heterocycles. The molecule has 1 N–H and O–H groups in total. The zero-order valence-corrected chi connectivity index (χ0v) is 20.6. The Morgan fingerprint density at radius 1 is 0.964 bits per heavy atom. The fourth-order valence-corrected chi connectivity index (χ4v) is 3.75. The summed E-state index contributed by atoms with van der Waals surface area (Å²) in [5.41, 5.74) is 0.564. The van der Waals surface area contributed by atoms with E-state index in [1.165, 1.54) is 43.9 Å². The number of rotatable bonds is 11. The van der Waals surface area contributed by atoms with Crippen LogP contribution in [0.5, 0.6) is 17.2 Å². The van der Waals surface area contributed by atoms with Crippen LogP contribution in [-0.2, 0) is 16.5 Å². The van der Waals surface area contributed by atoms with Crippen LogP contribution in [-0.4, -0.2) is 13.0 Å². The Hall–Kier alpha value is -0.414. The summed E-state index contributed by atoms with van der Waals surface area (Å²) >= 11 is 0. The topological polar surface area (TPSA) is 86.7 Å². The molecule has 0 bridgehead atoms. The van der Waals surface area contributed by atoms with Crippen LogP contribution in [0.2, 0.25) is 0 Å². The van der Waals surface area contributed by atoms with Gasteiger partial charge in [0.05, 0.1) is 0 Å². The monoisotopic (exact) mass is 430 g/mol. The van der Waals surface area contributed by atoms with Crippen molar-refractivity contribution in [3.8, 4) is 17.2 Å². The molecule has 2 aromatic carbocycles. The first-order valence-corrected chi connectivity index (χ1v) is 10.9. The quantitative estimate of drug-likeness (QED) is 0.335. The molecule has 2 rings (SSSR count). The second-order valence-electron chi connectivity index (χ2n) is 6.66. The fourth-order valence-electron chi connectivity index (χ4n) is 2.98. The minimum absolute atomic E-state index is 0. The Labute approximate surface area is 210 Å². The number of hydrogen-bond acceptors (Lipinski definition) is 4. The van der Waals surface area contributed by atoms with E-state index in [4.69, 9.17) is 4.74 Å². The van der Waals surface area contributed by atoms with E-state index < -0.39 is 10.1 Å². The van der Waals surface area contributed by atoms with Gasteiger partial charge in [-0.1, -0.05) is 75.5 Å². The van der Waals surface area contributed by atoms with Crippen molar-refractivity contribution < 1.29 is 74.2 Å². The zero-order chi connectivity index (χ0) is 19.7. The number of ether oxygens (including phenoxy) is 1. The van der Waals surface area contributed by atoms with Crippen LogP contribution in [0, 0.1) is 0 Å². The van der Waals surface area contributed by atoms with Crippen LogP contribution >= 0.6 is 0 Å². The van der Waals surface area contributed by atoms with Gasteiger partial charge in [0.25, 0.3) is 10.1 Å². The van der Waals surface area contributed by atoms with E-state index in [1.54, 1.807) is 24.3 Å². The molecular formula is C21H27KO5S. The molecule has 0 heterocycles. The number of hydrogen-bond donors (Lipinski definition) is 1. The summed E-state index contributed by atoms with van der Waals surface area (Å²) in [4.78, 5) is -0.158. The van der Waals surface area contributed by atoms with Gasteiger partial charge < -0.3 is 9.84 Å². The Balaban J connectivity index is 0.00000392. The smallest absolute Gasteiger partial charge is 0.870 e. The van der Waals surface area contributed by atoms with Gasteiger partial charge >= 0.3 is 51.4 Å². The molecule has 0 aliphatic heterocycles. The van der Waals surface area contributed by atoms with E-state index in [2.05, 4.69) is 6.92 Å². The maximum Gasteiger partial charge on any atom is 1.00 e. The van der Waals surface area contributed by atoms with Crippen LogP contribution in [0.1, 0.15) is 57.4 Å². The third kappa shape index (κ3) is 8.53. The zero-order valence-electron chi connectivity index (χ0n) is 16.7. The fraction of sp³-hybridized carbons (Fsp3) is 0.429. The number of benzene rings is 2. The molecule has 0 fully saturated rings. The molecule has 28 heavy (non-hydrogen) atoms. The summed E-state index contributed by atoms with van der Waals surface area (Å²) in [6.45, 7) is 2.18. The van der Waals surface area contributed by atoms with Crippen molar-refractivity contribution in [2.24, 2.45) is 0 Å². The van der Waals surface area contributed by atoms with E-state index in [-0.39, 0.29) is 73.5 Å². The van der Waals surface area contributed by atoms with E-state index in [1.807, 2.05) is 0 Å². The Kier molecular flexibility index (Phi) is 11.9. The summed E-state index contributed by atoms with van der Waals surface area (Å²) in [5.74, 6) is 0.0194. The predicted molar refractivity (Wildman–Crippen MR) is 104 cm³/mol. The van der Waals surface area contributed by atoms with Gasteiger partial charge in [-0.2, -0.15) is 8.42 Å². The summed E-state index contributed by atoms with van der Waals surface area (Å²) in [5, 5.41) is 11.7. The van der Waals surface area contributed by atoms with Crippen molar-refractivity contribution in [1.82, 2.24) is 0 Å². The molecule has 7 heteroatoms. The van der Waals surface area contributed by atoms with Crippen molar-refractivity contribution in [2.45, 2.75) is 63.2 Å². The molecule has 0 aliphatic rings. The number of para-hydroxylation sites is 2. The Morgan fingerprint density at radius 2 is 1.61 bits per heavy atom. The van der Waals surface area contributed by atoms with Gasteiger partial charge in [-0.05, 0) is 30.5 Å². The Morgan fingerprint density at radius 3 is 2.25 bits per heavy atom. The van der Waals surface area contributed by atoms with Crippen LogP contribution in [0.4, 0.5) is 0 Å². The number of unbranched alkanes of at least 4 members (excludes halogenated alkanes) is 6. The van der Waals surface area contributed by atoms with E-state index in [9.17, 15) is 18.1 Å². The Bertz CT molecular complexity index is 836. The van der Waals surface area contributed by atoms with Gasteiger partial charge in [0.1, 0.15) is 16.4 Å². The average molecular weight is 431 g/mol. The second kappa shape index (κ2) is 13.0. The third-order valence-electron chi connectivity index (χ3n) is 4.44. The molecule has 0 atom stereocenters. The molecule has 2 aromatic rings. The second-order valence-corrected chi connectivity index (χ2v) is 8.05. The van der Waals surface area contributed by atoms with Crippen LogP contribution < -0.4 is 61.2 Å². The third-order valence-corrected chi connectivity index (χ3v) is 5.38. The van der Waals surface area contributed by atoms with Crippen molar-refractivity contribution in [3.63, 3.8) is 0 Å². The van der Waals surface area contributed by atoms with Crippen molar-refractivity contribution in [3.05, 3.63) is 48.0 Å².